The average molecular weight is 686 g/mol. The van der Waals surface area contributed by atoms with Crippen LogP contribution in [0.1, 0.15) is 57.3 Å². The zero-order valence-corrected chi connectivity index (χ0v) is 28.1. The van der Waals surface area contributed by atoms with Gasteiger partial charge in [-0.15, -0.1) is 0 Å². The Balaban J connectivity index is 0.000000353. The lowest BCUT2D eigenvalue weighted by Gasteiger charge is -2.27. The van der Waals surface area contributed by atoms with Crippen molar-refractivity contribution in [3.8, 4) is 0 Å². The highest BCUT2D eigenvalue weighted by Crippen LogP contribution is 2.17. The maximum atomic E-state index is 13.5. The van der Waals surface area contributed by atoms with Crippen molar-refractivity contribution in [2.75, 3.05) is 0 Å². The van der Waals surface area contributed by atoms with Crippen LogP contribution in [-0.2, 0) is 30.4 Å². The van der Waals surface area contributed by atoms with E-state index in [0.717, 1.165) is 23.3 Å². The number of carbonyl (C=O) groups excluding carboxylic acids is 1. The van der Waals surface area contributed by atoms with Gasteiger partial charge in [-0.3, -0.25) is 0 Å². The van der Waals surface area contributed by atoms with Crippen LogP contribution in [0.4, 0.5) is 22.4 Å². The molecule has 0 aliphatic heterocycles. The standard InChI is InChI=1S/C22H27F2NO3.C17H19F2NO.H2/c1-22(2,3)28-21(27)25-19(13-16-11-17(23)14-18(24)12-16)20(26)10-9-15-7-5-4-6-8-15;18-14-8-13(9-15(19)11-14)10-16(20)17(21)7-6-12-4-2-1-3-5-12;/h4-8,11-12,14,19-20,26H,9-10,13H2,1-3H3,(H,25,27);1-5,8-9,11,16-17,21H,6-7,10,20H2;1H/t19-,20?;16-,17?;/m00./s1/i;;1+1. The summed E-state index contributed by atoms with van der Waals surface area (Å²) in [5.74, 6) is -2.67. The molecular formula is C39H48F4N2O4. The molecule has 0 saturated heterocycles. The second-order valence-corrected chi connectivity index (χ2v) is 13.1. The van der Waals surface area contributed by atoms with Gasteiger partial charge >= 0.3 is 6.09 Å². The summed E-state index contributed by atoms with van der Waals surface area (Å²) in [6, 6.07) is 24.6. The van der Waals surface area contributed by atoms with Gasteiger partial charge in [0.15, 0.2) is 0 Å². The van der Waals surface area contributed by atoms with Gasteiger partial charge in [-0.2, -0.15) is 0 Å². The lowest BCUT2D eigenvalue weighted by Crippen LogP contribution is -2.47. The fraction of sp³-hybridized carbons (Fsp3) is 0.359. The lowest BCUT2D eigenvalue weighted by atomic mass is 9.96. The number of aliphatic hydroxyl groups is 2. The van der Waals surface area contributed by atoms with Gasteiger partial charge in [0.05, 0.1) is 18.2 Å². The molecule has 49 heavy (non-hydrogen) atoms. The summed E-state index contributed by atoms with van der Waals surface area (Å²) in [5, 5.41) is 23.4. The monoisotopic (exact) mass is 685 g/mol. The summed E-state index contributed by atoms with van der Waals surface area (Å²) >= 11 is 0. The van der Waals surface area contributed by atoms with Crippen LogP contribution in [0.25, 0.3) is 0 Å². The zero-order chi connectivity index (χ0) is 36.0. The van der Waals surface area contributed by atoms with Gasteiger partial charge in [0.2, 0.25) is 0 Å². The first-order valence-electron chi connectivity index (χ1n) is 16.3. The Kier molecular flexibility index (Phi) is 15.3. The molecule has 4 aromatic rings. The van der Waals surface area contributed by atoms with Crippen LogP contribution < -0.4 is 11.1 Å². The van der Waals surface area contributed by atoms with E-state index in [2.05, 4.69) is 5.32 Å². The van der Waals surface area contributed by atoms with E-state index >= 15 is 0 Å². The van der Waals surface area contributed by atoms with Crippen molar-refractivity contribution in [3.05, 3.63) is 143 Å². The zero-order valence-electron chi connectivity index (χ0n) is 28.1. The van der Waals surface area contributed by atoms with Crippen molar-refractivity contribution in [1.29, 1.82) is 0 Å². The Morgan fingerprint density at radius 2 is 1.10 bits per heavy atom. The van der Waals surface area contributed by atoms with Crippen LogP contribution in [0.3, 0.4) is 0 Å². The summed E-state index contributed by atoms with van der Waals surface area (Å²) in [6.07, 6.45) is 0.211. The van der Waals surface area contributed by atoms with Crippen molar-refractivity contribution in [1.82, 2.24) is 5.32 Å². The van der Waals surface area contributed by atoms with E-state index in [-0.39, 0.29) is 14.3 Å². The Morgan fingerprint density at radius 1 is 0.694 bits per heavy atom. The molecule has 0 heterocycles. The van der Waals surface area contributed by atoms with Crippen molar-refractivity contribution in [3.63, 3.8) is 0 Å². The number of benzene rings is 4. The highest BCUT2D eigenvalue weighted by atomic mass is 19.1. The lowest BCUT2D eigenvalue weighted by molar-refractivity contribution is 0.0414. The number of amides is 1. The van der Waals surface area contributed by atoms with Crippen LogP contribution >= 0.6 is 0 Å². The van der Waals surface area contributed by atoms with Gasteiger partial charge in [-0.25, -0.2) is 22.4 Å². The first kappa shape index (κ1) is 39.2. The summed E-state index contributed by atoms with van der Waals surface area (Å²) < 4.78 is 58.5. The molecule has 1 amide bonds. The summed E-state index contributed by atoms with van der Waals surface area (Å²) in [7, 11) is 0. The molecule has 10 heteroatoms. The molecule has 0 aliphatic rings. The topological polar surface area (TPSA) is 105 Å². The molecular weight excluding hydrogens is 636 g/mol. The van der Waals surface area contributed by atoms with Crippen LogP contribution in [0.2, 0.25) is 0 Å². The van der Waals surface area contributed by atoms with Gasteiger partial charge in [-0.1, -0.05) is 60.7 Å². The molecule has 0 aliphatic carbocycles. The van der Waals surface area contributed by atoms with E-state index in [1.807, 2.05) is 60.7 Å². The molecule has 4 rings (SSSR count). The SMILES string of the molecule is CC(C)(C)OC(=O)N[C@@H](Cc1cc(F)cc(F)c1)C(O)CCc1ccccc1.N[C@@H](Cc1cc(F)cc(F)c1)C(O)CCc1ccccc1.[2HH]. The molecule has 266 valence electrons. The van der Waals surface area contributed by atoms with Crippen molar-refractivity contribution in [2.45, 2.75) is 89.2 Å². The number of hydrogen-bond acceptors (Lipinski definition) is 5. The Bertz CT molecular complexity index is 1550. The number of aliphatic hydroxyl groups excluding tert-OH is 2. The number of aryl methyl sites for hydroxylation is 2. The highest BCUT2D eigenvalue weighted by Gasteiger charge is 2.25. The van der Waals surface area contributed by atoms with E-state index < -0.39 is 59.3 Å². The summed E-state index contributed by atoms with van der Waals surface area (Å²) in [5.41, 5.74) is 8.20. The minimum Gasteiger partial charge on any atom is -0.444 e. The van der Waals surface area contributed by atoms with Gasteiger partial charge in [0.25, 0.3) is 0 Å². The maximum Gasteiger partial charge on any atom is 0.407 e. The predicted octanol–water partition coefficient (Wildman–Crippen LogP) is 7.47. The molecule has 0 aromatic heterocycles. The van der Waals surface area contributed by atoms with E-state index in [1.54, 1.807) is 20.8 Å². The second kappa shape index (κ2) is 19.1. The molecule has 5 N–H and O–H groups in total. The number of carbonyl (C=O) groups is 1. The van der Waals surface area contributed by atoms with Crippen molar-refractivity contribution < 1.29 is 38.7 Å². The molecule has 0 bridgehead atoms. The van der Waals surface area contributed by atoms with E-state index in [0.29, 0.717) is 36.8 Å². The quantitative estimate of drug-likeness (QED) is 0.109. The Hall–Kier alpha value is -4.25. The summed E-state index contributed by atoms with van der Waals surface area (Å²) in [6.45, 7) is 5.19. The minimum absolute atomic E-state index is 0. The summed E-state index contributed by atoms with van der Waals surface area (Å²) in [4.78, 5) is 12.2. The van der Waals surface area contributed by atoms with Crippen molar-refractivity contribution in [2.24, 2.45) is 5.73 Å². The molecule has 0 fully saturated rings. The fourth-order valence-corrected chi connectivity index (χ4v) is 5.20. The van der Waals surface area contributed by atoms with Gasteiger partial charge < -0.3 is 26.0 Å². The number of rotatable bonds is 13. The molecule has 0 radical (unpaired) electrons. The van der Waals surface area contributed by atoms with Gasteiger partial charge in [0.1, 0.15) is 28.9 Å². The third-order valence-corrected chi connectivity index (χ3v) is 7.58. The minimum atomic E-state index is -0.918. The third-order valence-electron chi connectivity index (χ3n) is 7.58. The molecule has 6 nitrogen and oxygen atoms in total. The number of ether oxygens (including phenoxy) is 1. The number of hydrogen-bond donors (Lipinski definition) is 4. The number of nitrogens with two attached hydrogens (primary N) is 1. The Morgan fingerprint density at radius 3 is 1.53 bits per heavy atom. The highest BCUT2D eigenvalue weighted by molar-refractivity contribution is 5.68. The maximum absolute atomic E-state index is 13.5. The fourth-order valence-electron chi connectivity index (χ4n) is 5.20. The smallest absolute Gasteiger partial charge is 0.407 e. The van der Waals surface area contributed by atoms with Crippen molar-refractivity contribution >= 4 is 6.09 Å². The van der Waals surface area contributed by atoms with Gasteiger partial charge in [0, 0.05) is 19.6 Å². The number of nitrogens with one attached hydrogen (secondary N) is 1. The van der Waals surface area contributed by atoms with Crippen LogP contribution in [0, 0.1) is 23.3 Å². The normalized spacial score (nSPS) is 13.8. The number of alkyl carbamates (subject to hydrolysis) is 1. The van der Waals surface area contributed by atoms with E-state index in [9.17, 15) is 32.6 Å². The molecule has 4 atom stereocenters. The molecule has 4 aromatic carbocycles. The average Bonchev–Trinajstić information content (AvgIpc) is 3.01. The van der Waals surface area contributed by atoms with Crippen LogP contribution in [0.5, 0.6) is 0 Å². The number of halogens is 4. The first-order valence-corrected chi connectivity index (χ1v) is 16.3. The van der Waals surface area contributed by atoms with Gasteiger partial charge in [-0.05, 0) is 106 Å². The van der Waals surface area contributed by atoms with E-state index in [1.165, 1.54) is 24.3 Å². The molecule has 0 spiro atoms. The van der Waals surface area contributed by atoms with Crippen LogP contribution in [-0.4, -0.2) is 46.2 Å². The first-order chi connectivity index (χ1) is 23.2. The largest absolute Gasteiger partial charge is 0.444 e. The molecule has 2 unspecified atom stereocenters. The van der Waals surface area contributed by atoms with Crippen LogP contribution in [0.15, 0.2) is 97.1 Å². The van der Waals surface area contributed by atoms with E-state index in [4.69, 9.17) is 10.5 Å². The predicted molar refractivity (Wildman–Crippen MR) is 185 cm³/mol. The Labute approximate surface area is 287 Å². The third kappa shape index (κ3) is 15.2. The molecule has 0 saturated carbocycles. The second-order valence-electron chi connectivity index (χ2n) is 13.1.